The number of anilines is 1. The highest BCUT2D eigenvalue weighted by atomic mass is 16.6. The highest BCUT2D eigenvalue weighted by molar-refractivity contribution is 5.68. The number of nitrogens with two attached hydrogens (primary N) is 1. The second-order valence-corrected chi connectivity index (χ2v) is 5.70. The van der Waals surface area contributed by atoms with Crippen molar-refractivity contribution < 1.29 is 12.3 Å². The molecule has 0 saturated heterocycles. The van der Waals surface area contributed by atoms with Gasteiger partial charge in [-0.2, -0.15) is 0 Å². The van der Waals surface area contributed by atoms with Gasteiger partial charge in [-0.15, -0.1) is 0 Å². The van der Waals surface area contributed by atoms with Crippen LogP contribution in [0.5, 0.6) is 0 Å². The van der Waals surface area contributed by atoms with Crippen molar-refractivity contribution in [1.29, 1.82) is 0 Å². The molecule has 0 aliphatic carbocycles. The Balaban J connectivity index is 2.25. The van der Waals surface area contributed by atoms with Crippen molar-refractivity contribution >= 4 is 11.8 Å². The second kappa shape index (κ2) is 5.11. The van der Waals surface area contributed by atoms with Crippen LogP contribution in [0.4, 0.5) is 10.5 Å². The molecule has 2 rings (SSSR count). The molecule has 0 spiro atoms. The third-order valence-corrected chi connectivity index (χ3v) is 2.85. The smallest absolute Gasteiger partial charge is 0.410 e. The van der Waals surface area contributed by atoms with Gasteiger partial charge in [-0.1, -0.05) is 6.07 Å². The van der Waals surface area contributed by atoms with E-state index < -0.39 is 24.6 Å². The molecule has 2 atom stereocenters. The van der Waals surface area contributed by atoms with E-state index in [9.17, 15) is 4.79 Å². The minimum Gasteiger partial charge on any atom is -0.444 e. The molecule has 4 nitrogen and oxygen atoms in total. The monoisotopic (exact) mass is 264 g/mol. The summed E-state index contributed by atoms with van der Waals surface area (Å²) in [6.07, 6.45) is -0.791. The summed E-state index contributed by atoms with van der Waals surface area (Å²) in [5.74, 6) is 0. The van der Waals surface area contributed by atoms with Gasteiger partial charge in [0, 0.05) is 21.5 Å². The summed E-state index contributed by atoms with van der Waals surface area (Å²) in [5, 5.41) is 0. The molecule has 4 heteroatoms. The maximum Gasteiger partial charge on any atom is 0.410 e. The fraction of sp³-hybridized carbons (Fsp3) is 0.533. The maximum atomic E-state index is 12.2. The van der Waals surface area contributed by atoms with E-state index in [-0.39, 0.29) is 0 Å². The van der Waals surface area contributed by atoms with Crippen LogP contribution >= 0.6 is 0 Å². The highest BCUT2D eigenvalue weighted by Crippen LogP contribution is 2.20. The normalized spacial score (nSPS) is 24.9. The summed E-state index contributed by atoms with van der Waals surface area (Å²) in [5.41, 5.74) is 7.49. The van der Waals surface area contributed by atoms with Gasteiger partial charge in [0.25, 0.3) is 0 Å². The number of benzene rings is 1. The van der Waals surface area contributed by atoms with Gasteiger partial charge >= 0.3 is 6.09 Å². The van der Waals surface area contributed by atoms with E-state index in [2.05, 4.69) is 0 Å². The Morgan fingerprint density at radius 2 is 2.16 bits per heavy atom. The van der Waals surface area contributed by atoms with Crippen molar-refractivity contribution in [3.63, 3.8) is 0 Å². The SMILES string of the molecule is [2H]C1c2ccc(N)cc2CCN(C(=O)OC(C)(C)C)C1[2H]. The molecule has 1 aromatic rings. The predicted molar refractivity (Wildman–Crippen MR) is 76.1 cm³/mol. The van der Waals surface area contributed by atoms with E-state index in [4.69, 9.17) is 13.2 Å². The van der Waals surface area contributed by atoms with Gasteiger partial charge in [0.1, 0.15) is 5.60 Å². The van der Waals surface area contributed by atoms with E-state index in [1.165, 1.54) is 4.90 Å². The number of amides is 1. The van der Waals surface area contributed by atoms with Crippen molar-refractivity contribution in [1.82, 2.24) is 4.90 Å². The second-order valence-electron chi connectivity index (χ2n) is 5.70. The van der Waals surface area contributed by atoms with Gasteiger partial charge in [-0.05, 0) is 56.8 Å². The average Bonchev–Trinajstić information content (AvgIpc) is 2.46. The third kappa shape index (κ3) is 3.63. The molecule has 0 fully saturated rings. The first-order valence-corrected chi connectivity index (χ1v) is 6.41. The fourth-order valence-electron chi connectivity index (χ4n) is 1.96. The number of hydrogen-bond acceptors (Lipinski definition) is 3. The fourth-order valence-corrected chi connectivity index (χ4v) is 1.96. The van der Waals surface area contributed by atoms with E-state index >= 15 is 0 Å². The van der Waals surface area contributed by atoms with E-state index in [1.54, 1.807) is 32.9 Å². The number of aryl methyl sites for hydroxylation is 1. The van der Waals surface area contributed by atoms with Crippen LogP contribution in [-0.2, 0) is 17.6 Å². The summed E-state index contributed by atoms with van der Waals surface area (Å²) in [7, 11) is 0. The van der Waals surface area contributed by atoms with Crippen molar-refractivity contribution in [3.05, 3.63) is 29.3 Å². The lowest BCUT2D eigenvalue weighted by Crippen LogP contribution is -2.38. The molecule has 2 unspecified atom stereocenters. The molecular formula is C15H22N2O2. The van der Waals surface area contributed by atoms with Gasteiger partial charge in [0.2, 0.25) is 0 Å². The van der Waals surface area contributed by atoms with Crippen LogP contribution in [0.2, 0.25) is 0 Å². The van der Waals surface area contributed by atoms with Crippen LogP contribution in [0.1, 0.15) is 34.6 Å². The number of rotatable bonds is 0. The number of carbonyl (C=O) groups is 1. The van der Waals surface area contributed by atoms with Crippen LogP contribution in [0, 0.1) is 0 Å². The minimum atomic E-state index is -0.982. The molecule has 2 N–H and O–H groups in total. The zero-order valence-corrected chi connectivity index (χ0v) is 11.6. The number of nitrogens with zero attached hydrogens (tertiary/aromatic N) is 1. The molecule has 104 valence electrons. The summed E-state index contributed by atoms with van der Waals surface area (Å²) in [4.78, 5) is 13.5. The summed E-state index contributed by atoms with van der Waals surface area (Å²) in [6, 6.07) is 5.33. The molecule has 19 heavy (non-hydrogen) atoms. The quantitative estimate of drug-likeness (QED) is 0.733. The Kier molecular flexibility index (Phi) is 3.00. The first-order valence-electron chi connectivity index (χ1n) is 7.57. The van der Waals surface area contributed by atoms with Crippen LogP contribution in [-0.4, -0.2) is 29.7 Å². The molecule has 1 amide bonds. The summed E-state index contributed by atoms with van der Waals surface area (Å²) >= 11 is 0. The predicted octanol–water partition coefficient (Wildman–Crippen LogP) is 2.60. The van der Waals surface area contributed by atoms with Gasteiger partial charge in [0.05, 0.1) is 0 Å². The van der Waals surface area contributed by atoms with Gasteiger partial charge in [-0.25, -0.2) is 4.79 Å². The Hall–Kier alpha value is -1.71. The molecule has 0 saturated carbocycles. The topological polar surface area (TPSA) is 55.6 Å². The number of ether oxygens (including phenoxy) is 1. The molecule has 1 aliphatic heterocycles. The highest BCUT2D eigenvalue weighted by Gasteiger charge is 2.23. The van der Waals surface area contributed by atoms with E-state index in [1.807, 2.05) is 6.07 Å². The number of nitrogen functional groups attached to an aromatic ring is 1. The van der Waals surface area contributed by atoms with Gasteiger partial charge in [0.15, 0.2) is 0 Å². The molecule has 0 bridgehead atoms. The van der Waals surface area contributed by atoms with Gasteiger partial charge in [-0.3, -0.25) is 0 Å². The lowest BCUT2D eigenvalue weighted by Gasteiger charge is -2.26. The van der Waals surface area contributed by atoms with Crippen LogP contribution < -0.4 is 5.73 Å². The van der Waals surface area contributed by atoms with Crippen LogP contribution in [0.3, 0.4) is 0 Å². The standard InChI is InChI=1S/C15H22N2O2/c1-15(2,3)19-14(18)17-8-6-11-4-5-13(16)10-12(11)7-9-17/h4-5,10H,6-9,16H2,1-3H3/i6D,8D. The van der Waals surface area contributed by atoms with Gasteiger partial charge < -0.3 is 15.4 Å². The van der Waals surface area contributed by atoms with Crippen molar-refractivity contribution in [2.75, 3.05) is 18.8 Å². The summed E-state index contributed by atoms with van der Waals surface area (Å²) < 4.78 is 21.8. The van der Waals surface area contributed by atoms with E-state index in [0.717, 1.165) is 11.1 Å². The third-order valence-electron chi connectivity index (χ3n) is 2.85. The Bertz CT molecular complexity index is 543. The lowest BCUT2D eigenvalue weighted by atomic mass is 10.0. The lowest BCUT2D eigenvalue weighted by molar-refractivity contribution is 0.0258. The molecule has 1 aliphatic rings. The average molecular weight is 264 g/mol. The zero-order chi connectivity index (χ0) is 15.8. The van der Waals surface area contributed by atoms with Crippen molar-refractivity contribution in [3.8, 4) is 0 Å². The number of fused-ring (bicyclic) bond motifs is 1. The Morgan fingerprint density at radius 3 is 2.84 bits per heavy atom. The molecule has 1 aromatic carbocycles. The first kappa shape index (κ1) is 11.1. The minimum absolute atomic E-state index is 0.356. The zero-order valence-electron chi connectivity index (χ0n) is 13.6. The molecule has 1 heterocycles. The van der Waals surface area contributed by atoms with Crippen LogP contribution in [0.25, 0.3) is 0 Å². The Morgan fingerprint density at radius 1 is 1.42 bits per heavy atom. The van der Waals surface area contributed by atoms with Crippen molar-refractivity contribution in [2.24, 2.45) is 0 Å². The van der Waals surface area contributed by atoms with E-state index in [0.29, 0.717) is 18.7 Å². The maximum absolute atomic E-state index is 12.2. The van der Waals surface area contributed by atoms with Crippen LogP contribution in [0.15, 0.2) is 18.2 Å². The molecular weight excluding hydrogens is 240 g/mol. The first-order chi connectivity index (χ1) is 9.69. The number of hydrogen-bond donors (Lipinski definition) is 1. The molecule has 0 radical (unpaired) electrons. The van der Waals surface area contributed by atoms with Crippen molar-refractivity contribution in [2.45, 2.75) is 39.2 Å². The molecule has 0 aromatic heterocycles. The number of carbonyl (C=O) groups excluding carboxylic acids is 1. The Labute approximate surface area is 117 Å². The summed E-state index contributed by atoms with van der Waals surface area (Å²) in [6.45, 7) is 4.74. The largest absolute Gasteiger partial charge is 0.444 e.